The summed E-state index contributed by atoms with van der Waals surface area (Å²) in [4.78, 5) is 2.51. The van der Waals surface area contributed by atoms with Crippen molar-refractivity contribution in [2.24, 2.45) is 11.7 Å². The molecule has 0 rings (SSSR count). The van der Waals surface area contributed by atoms with E-state index in [9.17, 15) is 0 Å². The van der Waals surface area contributed by atoms with Gasteiger partial charge in [-0.05, 0) is 25.3 Å². The Hall–Kier alpha value is -0.120. The minimum absolute atomic E-state index is 0.618. The highest BCUT2D eigenvalue weighted by Crippen LogP contribution is 2.10. The van der Waals surface area contributed by atoms with Gasteiger partial charge in [-0.2, -0.15) is 0 Å². The largest absolute Gasteiger partial charge is 0.383 e. The van der Waals surface area contributed by atoms with E-state index in [1.54, 1.807) is 7.11 Å². The quantitative estimate of drug-likeness (QED) is 0.638. The Bertz CT molecular complexity index is 140. The van der Waals surface area contributed by atoms with Crippen molar-refractivity contribution in [3.05, 3.63) is 0 Å². The van der Waals surface area contributed by atoms with Gasteiger partial charge in [-0.1, -0.05) is 20.8 Å². The van der Waals surface area contributed by atoms with Crippen LogP contribution in [-0.4, -0.2) is 44.3 Å². The van der Waals surface area contributed by atoms with Gasteiger partial charge in [-0.15, -0.1) is 0 Å². The molecule has 0 aromatic carbocycles. The fourth-order valence-corrected chi connectivity index (χ4v) is 1.94. The van der Waals surface area contributed by atoms with Crippen molar-refractivity contribution in [2.45, 2.75) is 39.7 Å². The zero-order chi connectivity index (χ0) is 11.7. The fourth-order valence-electron chi connectivity index (χ4n) is 1.94. The molecular weight excluding hydrogens is 188 g/mol. The number of hydrogen-bond acceptors (Lipinski definition) is 3. The Kier molecular flexibility index (Phi) is 9.06. The van der Waals surface area contributed by atoms with Crippen molar-refractivity contribution in [3.63, 3.8) is 0 Å². The van der Waals surface area contributed by atoms with Crippen LogP contribution < -0.4 is 5.73 Å². The van der Waals surface area contributed by atoms with Gasteiger partial charge in [0.25, 0.3) is 0 Å². The van der Waals surface area contributed by atoms with Crippen LogP contribution >= 0.6 is 0 Å². The molecule has 1 unspecified atom stereocenters. The molecule has 0 spiro atoms. The first kappa shape index (κ1) is 14.9. The molecule has 0 aliphatic rings. The summed E-state index contributed by atoms with van der Waals surface area (Å²) >= 11 is 0. The summed E-state index contributed by atoms with van der Waals surface area (Å²) in [5.41, 5.74) is 5.64. The van der Waals surface area contributed by atoms with Crippen molar-refractivity contribution >= 4 is 0 Å². The van der Waals surface area contributed by atoms with Gasteiger partial charge in [0.05, 0.1) is 6.61 Å². The number of nitrogens with two attached hydrogens (primary N) is 1. The third-order valence-corrected chi connectivity index (χ3v) is 2.67. The Morgan fingerprint density at radius 2 is 2.00 bits per heavy atom. The fraction of sp³-hybridized carbons (Fsp3) is 1.00. The van der Waals surface area contributed by atoms with Gasteiger partial charge >= 0.3 is 0 Å². The van der Waals surface area contributed by atoms with Gasteiger partial charge in [-0.3, -0.25) is 4.90 Å². The number of ether oxygens (including phenoxy) is 1. The molecule has 0 saturated heterocycles. The highest BCUT2D eigenvalue weighted by Gasteiger charge is 2.16. The Morgan fingerprint density at radius 3 is 2.40 bits per heavy atom. The average Bonchev–Trinajstić information content (AvgIpc) is 2.20. The normalized spacial score (nSPS) is 13.8. The van der Waals surface area contributed by atoms with Gasteiger partial charge in [-0.25, -0.2) is 0 Å². The molecule has 3 heteroatoms. The Labute approximate surface area is 95.0 Å². The smallest absolute Gasteiger partial charge is 0.0589 e. The van der Waals surface area contributed by atoms with Crippen molar-refractivity contribution in [1.29, 1.82) is 0 Å². The molecule has 0 bridgehead atoms. The van der Waals surface area contributed by atoms with E-state index in [1.165, 1.54) is 6.42 Å². The lowest BCUT2D eigenvalue weighted by Gasteiger charge is -2.32. The summed E-state index contributed by atoms with van der Waals surface area (Å²) in [7, 11) is 1.76. The highest BCUT2D eigenvalue weighted by molar-refractivity contribution is 4.72. The first-order valence-electron chi connectivity index (χ1n) is 6.08. The lowest BCUT2D eigenvalue weighted by Crippen LogP contribution is -2.40. The van der Waals surface area contributed by atoms with E-state index < -0.39 is 0 Å². The molecule has 0 aliphatic heterocycles. The SMILES string of the molecule is CCC(CCN)N(CCOC)CC(C)C. The molecule has 0 radical (unpaired) electrons. The van der Waals surface area contributed by atoms with Gasteiger partial charge in [0, 0.05) is 26.2 Å². The number of rotatable bonds is 9. The van der Waals surface area contributed by atoms with Crippen LogP contribution in [0.2, 0.25) is 0 Å². The van der Waals surface area contributed by atoms with Crippen molar-refractivity contribution in [2.75, 3.05) is 33.4 Å². The second-order valence-corrected chi connectivity index (χ2v) is 4.52. The molecule has 0 saturated carbocycles. The lowest BCUT2D eigenvalue weighted by atomic mass is 10.1. The van der Waals surface area contributed by atoms with Gasteiger partial charge < -0.3 is 10.5 Å². The Morgan fingerprint density at radius 1 is 1.33 bits per heavy atom. The van der Waals surface area contributed by atoms with E-state index in [0.29, 0.717) is 12.0 Å². The highest BCUT2D eigenvalue weighted by atomic mass is 16.5. The molecule has 0 heterocycles. The van der Waals surface area contributed by atoms with Crippen LogP contribution in [0.5, 0.6) is 0 Å². The van der Waals surface area contributed by atoms with Crippen LogP contribution in [0.3, 0.4) is 0 Å². The maximum atomic E-state index is 5.64. The molecule has 0 aromatic heterocycles. The van der Waals surface area contributed by atoms with Crippen LogP contribution in [0.25, 0.3) is 0 Å². The van der Waals surface area contributed by atoms with E-state index in [1.807, 2.05) is 0 Å². The van der Waals surface area contributed by atoms with Gasteiger partial charge in [0.2, 0.25) is 0 Å². The molecule has 3 nitrogen and oxygen atoms in total. The molecular formula is C12H28N2O. The molecule has 0 aromatic rings. The predicted octanol–water partition coefficient (Wildman–Crippen LogP) is 1.72. The first-order valence-corrected chi connectivity index (χ1v) is 6.08. The maximum Gasteiger partial charge on any atom is 0.0589 e. The summed E-state index contributed by atoms with van der Waals surface area (Å²) in [6.07, 6.45) is 2.26. The topological polar surface area (TPSA) is 38.5 Å². The lowest BCUT2D eigenvalue weighted by molar-refractivity contribution is 0.105. The summed E-state index contributed by atoms with van der Waals surface area (Å²) < 4.78 is 5.15. The van der Waals surface area contributed by atoms with Gasteiger partial charge in [0.15, 0.2) is 0 Å². The standard InChI is InChI=1S/C12H28N2O/c1-5-12(6-7-13)14(8-9-15-4)10-11(2)3/h11-12H,5-10,13H2,1-4H3. The molecule has 15 heavy (non-hydrogen) atoms. The summed E-state index contributed by atoms with van der Waals surface area (Å²) in [6, 6.07) is 0.618. The summed E-state index contributed by atoms with van der Waals surface area (Å²) in [6.45, 7) is 10.5. The van der Waals surface area contributed by atoms with E-state index >= 15 is 0 Å². The summed E-state index contributed by atoms with van der Waals surface area (Å²) in [5, 5.41) is 0. The minimum atomic E-state index is 0.618. The van der Waals surface area contributed by atoms with E-state index in [4.69, 9.17) is 10.5 Å². The number of hydrogen-bond donors (Lipinski definition) is 1. The Balaban J connectivity index is 4.15. The van der Waals surface area contributed by atoms with Crippen LogP contribution in [0, 0.1) is 5.92 Å². The van der Waals surface area contributed by atoms with E-state index in [0.717, 1.165) is 32.7 Å². The van der Waals surface area contributed by atoms with Crippen LogP contribution in [-0.2, 0) is 4.74 Å². The third-order valence-electron chi connectivity index (χ3n) is 2.67. The van der Waals surface area contributed by atoms with E-state index in [2.05, 4.69) is 25.7 Å². The molecule has 92 valence electrons. The minimum Gasteiger partial charge on any atom is -0.383 e. The molecule has 0 aliphatic carbocycles. The summed E-state index contributed by atoms with van der Waals surface area (Å²) in [5.74, 6) is 0.702. The van der Waals surface area contributed by atoms with Crippen LogP contribution in [0.1, 0.15) is 33.6 Å². The molecule has 2 N–H and O–H groups in total. The molecule has 0 fully saturated rings. The van der Waals surface area contributed by atoms with Crippen LogP contribution in [0.4, 0.5) is 0 Å². The van der Waals surface area contributed by atoms with Crippen LogP contribution in [0.15, 0.2) is 0 Å². The van der Waals surface area contributed by atoms with Gasteiger partial charge in [0.1, 0.15) is 0 Å². The second-order valence-electron chi connectivity index (χ2n) is 4.52. The zero-order valence-electron chi connectivity index (χ0n) is 10.8. The third kappa shape index (κ3) is 6.88. The van der Waals surface area contributed by atoms with Crippen molar-refractivity contribution in [1.82, 2.24) is 4.90 Å². The number of nitrogens with zero attached hydrogens (tertiary/aromatic N) is 1. The van der Waals surface area contributed by atoms with Crippen molar-refractivity contribution < 1.29 is 4.74 Å². The number of methoxy groups -OCH3 is 1. The zero-order valence-corrected chi connectivity index (χ0v) is 10.8. The molecule has 0 amide bonds. The molecule has 1 atom stereocenters. The average molecular weight is 216 g/mol. The van der Waals surface area contributed by atoms with E-state index in [-0.39, 0.29) is 0 Å². The predicted molar refractivity (Wildman–Crippen MR) is 66.0 cm³/mol. The first-order chi connectivity index (χ1) is 7.15. The second kappa shape index (κ2) is 9.13. The van der Waals surface area contributed by atoms with Crippen molar-refractivity contribution in [3.8, 4) is 0 Å². The maximum absolute atomic E-state index is 5.64. The monoisotopic (exact) mass is 216 g/mol.